The summed E-state index contributed by atoms with van der Waals surface area (Å²) in [5.74, 6) is -0.875. The Balaban J connectivity index is 2.93. The van der Waals surface area contributed by atoms with Gasteiger partial charge >= 0.3 is 8.08 Å². The third-order valence-corrected chi connectivity index (χ3v) is 18.1. The first-order valence-electron chi connectivity index (χ1n) is 5.20. The van der Waals surface area contributed by atoms with Crippen molar-refractivity contribution in [2.75, 3.05) is 21.3 Å². The molecule has 0 spiro atoms. The lowest BCUT2D eigenvalue weighted by Gasteiger charge is -2.49. The van der Waals surface area contributed by atoms with Crippen molar-refractivity contribution in [3.05, 3.63) is 0 Å². The van der Waals surface area contributed by atoms with Gasteiger partial charge in [0.15, 0.2) is 0 Å². The van der Waals surface area contributed by atoms with E-state index in [2.05, 4.69) is 19.6 Å². The van der Waals surface area contributed by atoms with Gasteiger partial charge in [0, 0.05) is 27.8 Å². The average Bonchev–Trinajstić information content (AvgIpc) is 2.23. The molecule has 0 aromatic rings. The van der Waals surface area contributed by atoms with E-state index in [4.69, 9.17) is 18.3 Å². The minimum Gasteiger partial charge on any atom is -0.400 e. The highest BCUT2D eigenvalue weighted by atomic mass is 29.3. The zero-order chi connectivity index (χ0) is 11.7. The van der Waals surface area contributed by atoms with E-state index in [0.29, 0.717) is 0 Å². The van der Waals surface area contributed by atoms with Gasteiger partial charge < -0.3 is 18.3 Å². The monoisotopic (exact) mass is 250 g/mol. The average molecular weight is 250 g/mol. The highest BCUT2D eigenvalue weighted by molar-refractivity contribution is 7.36. The maximum absolute atomic E-state index is 6.06. The Labute approximate surface area is 93.9 Å². The maximum atomic E-state index is 6.06. The van der Waals surface area contributed by atoms with Crippen molar-refractivity contribution in [3.8, 4) is 0 Å². The van der Waals surface area contributed by atoms with Crippen molar-refractivity contribution in [2.24, 2.45) is 0 Å². The van der Waals surface area contributed by atoms with E-state index in [9.17, 15) is 0 Å². The van der Waals surface area contributed by atoms with Crippen LogP contribution in [0.2, 0.25) is 25.7 Å². The molecule has 1 aliphatic rings. The second kappa shape index (κ2) is 4.27. The fourth-order valence-corrected chi connectivity index (χ4v) is 9.72. The van der Waals surface area contributed by atoms with Gasteiger partial charge in [-0.15, -0.1) is 0 Å². The first-order valence-corrected chi connectivity index (χ1v) is 11.7. The van der Waals surface area contributed by atoms with Gasteiger partial charge in [-0.3, -0.25) is 0 Å². The normalized spacial score (nSPS) is 34.0. The predicted molar refractivity (Wildman–Crippen MR) is 63.4 cm³/mol. The highest BCUT2D eigenvalue weighted by Crippen LogP contribution is 2.39. The van der Waals surface area contributed by atoms with Crippen LogP contribution in [0, 0.1) is 0 Å². The van der Waals surface area contributed by atoms with Crippen LogP contribution in [0.1, 0.15) is 6.42 Å². The quantitative estimate of drug-likeness (QED) is 0.566. The van der Waals surface area contributed by atoms with Crippen LogP contribution >= 0.6 is 0 Å². The minimum atomic E-state index is -2.13. The summed E-state index contributed by atoms with van der Waals surface area (Å²) in [7, 11) is 1.42. The summed E-state index contributed by atoms with van der Waals surface area (Å²) in [6.45, 7) is 6.75. The lowest BCUT2D eigenvalue weighted by Crippen LogP contribution is -2.69. The standard InChI is InChI=1S/C9H22O4Si2/c1-10-9(11-2)7-8-14(4,5)15(6,12-3)13-9/h7-8H2,1-6H3. The molecule has 0 amide bonds. The molecule has 0 saturated carbocycles. The van der Waals surface area contributed by atoms with Crippen LogP contribution in [0.15, 0.2) is 0 Å². The molecule has 0 aromatic heterocycles. The molecule has 90 valence electrons. The molecule has 4 nitrogen and oxygen atoms in total. The van der Waals surface area contributed by atoms with Gasteiger partial charge in [0.25, 0.3) is 5.97 Å². The van der Waals surface area contributed by atoms with E-state index in [0.717, 1.165) is 12.5 Å². The predicted octanol–water partition coefficient (Wildman–Crippen LogP) is 1.86. The van der Waals surface area contributed by atoms with Crippen molar-refractivity contribution in [1.29, 1.82) is 0 Å². The Morgan fingerprint density at radius 2 is 1.60 bits per heavy atom. The zero-order valence-corrected chi connectivity index (χ0v) is 12.5. The fraction of sp³-hybridized carbons (Fsp3) is 1.00. The third kappa shape index (κ3) is 2.20. The Hall–Kier alpha value is 0.274. The first-order chi connectivity index (χ1) is 6.85. The van der Waals surface area contributed by atoms with Gasteiger partial charge in [0.2, 0.25) is 0 Å². The third-order valence-electron chi connectivity index (χ3n) is 3.65. The summed E-state index contributed by atoms with van der Waals surface area (Å²) >= 11 is 0. The Morgan fingerprint density at radius 1 is 1.07 bits per heavy atom. The summed E-state index contributed by atoms with van der Waals surface area (Å²) in [5.41, 5.74) is 0. The van der Waals surface area contributed by atoms with E-state index in [1.807, 2.05) is 0 Å². The van der Waals surface area contributed by atoms with Crippen LogP contribution < -0.4 is 0 Å². The van der Waals surface area contributed by atoms with Gasteiger partial charge in [-0.05, 0) is 12.6 Å². The molecule has 1 saturated heterocycles. The van der Waals surface area contributed by atoms with Crippen LogP contribution in [0.3, 0.4) is 0 Å². The number of rotatable bonds is 3. The zero-order valence-electron chi connectivity index (χ0n) is 10.5. The molecule has 1 fully saturated rings. The van der Waals surface area contributed by atoms with Crippen molar-refractivity contribution in [2.45, 2.75) is 38.1 Å². The second-order valence-corrected chi connectivity index (χ2v) is 18.3. The van der Waals surface area contributed by atoms with Crippen LogP contribution in [0.4, 0.5) is 0 Å². The highest BCUT2D eigenvalue weighted by Gasteiger charge is 2.58. The van der Waals surface area contributed by atoms with Gasteiger partial charge in [-0.25, -0.2) is 0 Å². The van der Waals surface area contributed by atoms with Gasteiger partial charge in [-0.1, -0.05) is 13.1 Å². The molecule has 0 aliphatic carbocycles. The van der Waals surface area contributed by atoms with Gasteiger partial charge in [0.05, 0.1) is 0 Å². The largest absolute Gasteiger partial charge is 0.400 e. The van der Waals surface area contributed by atoms with Crippen LogP contribution in [-0.4, -0.2) is 43.0 Å². The Kier molecular flexibility index (Phi) is 3.80. The Bertz CT molecular complexity index is 230. The molecule has 0 N–H and O–H groups in total. The minimum absolute atomic E-state index is 0.797. The van der Waals surface area contributed by atoms with E-state index >= 15 is 0 Å². The molecule has 0 radical (unpaired) electrons. The summed E-state index contributed by atoms with van der Waals surface area (Å²) in [6, 6.07) is 1.12. The molecule has 1 unspecified atom stereocenters. The van der Waals surface area contributed by atoms with Gasteiger partial charge in [-0.2, -0.15) is 0 Å². The smallest absolute Gasteiger partial charge is 0.317 e. The summed E-state index contributed by atoms with van der Waals surface area (Å²) in [6.07, 6.45) is 0.797. The van der Waals surface area contributed by atoms with Crippen molar-refractivity contribution in [3.63, 3.8) is 0 Å². The number of hydrogen-bond donors (Lipinski definition) is 0. The Morgan fingerprint density at radius 3 is 2.00 bits per heavy atom. The van der Waals surface area contributed by atoms with Crippen molar-refractivity contribution >= 4 is 15.7 Å². The lowest BCUT2D eigenvalue weighted by atomic mass is 10.4. The SMILES string of the molecule is COC1(OC)CC[Si](C)(C)[Si](C)(OC)O1. The van der Waals surface area contributed by atoms with Crippen molar-refractivity contribution < 1.29 is 18.3 Å². The van der Waals surface area contributed by atoms with Gasteiger partial charge in [0.1, 0.15) is 7.59 Å². The summed E-state index contributed by atoms with van der Waals surface area (Å²) in [4.78, 5) is 0. The molecule has 1 atom stereocenters. The molecule has 15 heavy (non-hydrogen) atoms. The summed E-state index contributed by atoms with van der Waals surface area (Å²) < 4.78 is 22.4. The molecule has 1 aliphatic heterocycles. The summed E-state index contributed by atoms with van der Waals surface area (Å²) in [5, 5.41) is 0. The van der Waals surface area contributed by atoms with E-state index < -0.39 is 21.6 Å². The van der Waals surface area contributed by atoms with Crippen LogP contribution in [-0.2, 0) is 18.3 Å². The number of methoxy groups -OCH3 is 2. The molecule has 6 heteroatoms. The van der Waals surface area contributed by atoms with Crippen molar-refractivity contribution in [1.82, 2.24) is 0 Å². The molecule has 1 rings (SSSR count). The van der Waals surface area contributed by atoms with E-state index in [1.54, 1.807) is 21.3 Å². The molecule has 0 aromatic carbocycles. The van der Waals surface area contributed by atoms with E-state index in [-0.39, 0.29) is 0 Å². The lowest BCUT2D eigenvalue weighted by molar-refractivity contribution is -0.334. The van der Waals surface area contributed by atoms with E-state index in [1.165, 1.54) is 0 Å². The molecule has 0 bridgehead atoms. The maximum Gasteiger partial charge on any atom is 0.317 e. The number of ether oxygens (including phenoxy) is 2. The number of hydrogen-bond acceptors (Lipinski definition) is 4. The molecular weight excluding hydrogens is 228 g/mol. The second-order valence-electron chi connectivity index (χ2n) is 4.73. The van der Waals surface area contributed by atoms with Crippen LogP contribution in [0.25, 0.3) is 0 Å². The molecular formula is C9H22O4Si2. The first kappa shape index (κ1) is 13.3. The molecule has 1 heterocycles. The topological polar surface area (TPSA) is 36.9 Å². The fourth-order valence-electron chi connectivity index (χ4n) is 1.87. The van der Waals surface area contributed by atoms with Crippen LogP contribution in [0.5, 0.6) is 0 Å².